The van der Waals surface area contributed by atoms with E-state index >= 15 is 0 Å². The zero-order chi connectivity index (χ0) is 15.8. The molecular formula is C13H15N5O2S. The minimum atomic E-state index is -3.74. The molecule has 0 aliphatic rings. The number of benzene rings is 1. The van der Waals surface area contributed by atoms with Crippen LogP contribution in [0.5, 0.6) is 0 Å². The van der Waals surface area contributed by atoms with Crippen molar-refractivity contribution >= 4 is 10.0 Å². The molecule has 21 heavy (non-hydrogen) atoms. The fourth-order valence-electron chi connectivity index (χ4n) is 1.99. The van der Waals surface area contributed by atoms with Crippen molar-refractivity contribution in [3.8, 4) is 11.8 Å². The zero-order valence-corrected chi connectivity index (χ0v) is 12.7. The van der Waals surface area contributed by atoms with Gasteiger partial charge in [-0.3, -0.25) is 0 Å². The Bertz CT molecular complexity index is 808. The Morgan fingerprint density at radius 2 is 1.81 bits per heavy atom. The van der Waals surface area contributed by atoms with Gasteiger partial charge in [-0.15, -0.1) is 5.10 Å². The van der Waals surface area contributed by atoms with E-state index in [1.165, 1.54) is 16.8 Å². The third-order valence-corrected chi connectivity index (χ3v) is 3.83. The van der Waals surface area contributed by atoms with Crippen molar-refractivity contribution in [1.29, 1.82) is 5.26 Å². The summed E-state index contributed by atoms with van der Waals surface area (Å²) in [5, 5.41) is 22.0. The molecule has 0 unspecified atom stereocenters. The van der Waals surface area contributed by atoms with Gasteiger partial charge in [-0.1, -0.05) is 26.0 Å². The highest BCUT2D eigenvalue weighted by Crippen LogP contribution is 2.26. The van der Waals surface area contributed by atoms with Crippen LogP contribution in [0.15, 0.2) is 29.2 Å². The maximum Gasteiger partial charge on any atom is 0.238 e. The molecule has 0 aliphatic carbocycles. The number of primary sulfonamides is 1. The normalized spacial score (nSPS) is 12.1. The quantitative estimate of drug-likeness (QED) is 0.891. The van der Waals surface area contributed by atoms with Crippen molar-refractivity contribution in [2.75, 3.05) is 0 Å². The fraction of sp³-hybridized carbons (Fsp3) is 0.308. The molecule has 7 nitrogen and oxygen atoms in total. The molecule has 0 radical (unpaired) electrons. The van der Waals surface area contributed by atoms with Crippen LogP contribution in [0.1, 0.15) is 32.2 Å². The number of nitrogens with two attached hydrogens (primary N) is 1. The average Bonchev–Trinajstić information content (AvgIpc) is 2.81. The molecule has 0 atom stereocenters. The third kappa shape index (κ3) is 2.94. The Morgan fingerprint density at radius 1 is 1.24 bits per heavy atom. The van der Waals surface area contributed by atoms with Crippen molar-refractivity contribution in [2.24, 2.45) is 5.14 Å². The van der Waals surface area contributed by atoms with E-state index in [0.29, 0.717) is 11.4 Å². The summed E-state index contributed by atoms with van der Waals surface area (Å²) in [6.45, 7) is 5.84. The van der Waals surface area contributed by atoms with Gasteiger partial charge in [0, 0.05) is 5.41 Å². The lowest BCUT2D eigenvalue weighted by Crippen LogP contribution is -2.19. The Morgan fingerprint density at radius 3 is 2.24 bits per heavy atom. The maximum atomic E-state index is 11.3. The number of nitriles is 1. The number of aromatic nitrogens is 3. The monoisotopic (exact) mass is 305 g/mol. The second-order valence-electron chi connectivity index (χ2n) is 5.60. The predicted molar refractivity (Wildman–Crippen MR) is 76.1 cm³/mol. The van der Waals surface area contributed by atoms with E-state index in [2.05, 4.69) is 10.3 Å². The van der Waals surface area contributed by atoms with Gasteiger partial charge in [0.25, 0.3) is 0 Å². The van der Waals surface area contributed by atoms with Gasteiger partial charge in [-0.25, -0.2) is 18.2 Å². The summed E-state index contributed by atoms with van der Waals surface area (Å²) in [7, 11) is -3.74. The van der Waals surface area contributed by atoms with Crippen LogP contribution in [0.4, 0.5) is 0 Å². The van der Waals surface area contributed by atoms with Crippen LogP contribution < -0.4 is 5.14 Å². The predicted octanol–water partition coefficient (Wildman–Crippen LogP) is 1.08. The van der Waals surface area contributed by atoms with Crippen molar-refractivity contribution < 1.29 is 8.42 Å². The molecule has 2 N–H and O–H groups in total. The first-order valence-corrected chi connectivity index (χ1v) is 7.69. The average molecular weight is 305 g/mol. The molecular weight excluding hydrogens is 290 g/mol. The van der Waals surface area contributed by atoms with Crippen LogP contribution in [0, 0.1) is 11.3 Å². The number of sulfonamides is 1. The molecule has 110 valence electrons. The van der Waals surface area contributed by atoms with Gasteiger partial charge >= 0.3 is 0 Å². The second-order valence-corrected chi connectivity index (χ2v) is 7.16. The lowest BCUT2D eigenvalue weighted by atomic mass is 9.90. The van der Waals surface area contributed by atoms with Crippen LogP contribution in [-0.4, -0.2) is 23.4 Å². The standard InChI is InChI=1S/C13H15N5O2S/c1-13(2,3)12-11(8-14)16-17-18(12)9-4-6-10(7-5-9)21(15,19)20/h4-7H,1-3H3,(H2,15,19,20). The number of hydrogen-bond acceptors (Lipinski definition) is 5. The highest BCUT2D eigenvalue weighted by Gasteiger charge is 2.26. The summed E-state index contributed by atoms with van der Waals surface area (Å²) < 4.78 is 24.0. The van der Waals surface area contributed by atoms with Crippen LogP contribution >= 0.6 is 0 Å². The molecule has 0 saturated carbocycles. The van der Waals surface area contributed by atoms with Gasteiger partial charge in [0.2, 0.25) is 10.0 Å². The zero-order valence-electron chi connectivity index (χ0n) is 11.9. The van der Waals surface area contributed by atoms with E-state index in [0.717, 1.165) is 0 Å². The van der Waals surface area contributed by atoms with Gasteiger partial charge < -0.3 is 0 Å². The van der Waals surface area contributed by atoms with Crippen molar-refractivity contribution in [3.63, 3.8) is 0 Å². The van der Waals surface area contributed by atoms with Crippen molar-refractivity contribution in [1.82, 2.24) is 15.0 Å². The molecule has 0 saturated heterocycles. The Balaban J connectivity index is 2.59. The third-order valence-electron chi connectivity index (χ3n) is 2.90. The topological polar surface area (TPSA) is 115 Å². The van der Waals surface area contributed by atoms with E-state index < -0.39 is 10.0 Å². The molecule has 1 aromatic carbocycles. The first kappa shape index (κ1) is 15.2. The Hall–Kier alpha value is -2.24. The molecule has 2 aromatic rings. The molecule has 8 heteroatoms. The summed E-state index contributed by atoms with van der Waals surface area (Å²) in [5.74, 6) is 0. The minimum Gasteiger partial charge on any atom is -0.225 e. The largest absolute Gasteiger partial charge is 0.238 e. The lowest BCUT2D eigenvalue weighted by Gasteiger charge is -2.19. The molecule has 0 spiro atoms. The molecule has 0 fully saturated rings. The van der Waals surface area contributed by atoms with Crippen molar-refractivity contribution in [3.05, 3.63) is 35.7 Å². The Kier molecular flexibility index (Phi) is 3.57. The van der Waals surface area contributed by atoms with Gasteiger partial charge in [0.15, 0.2) is 5.69 Å². The van der Waals surface area contributed by atoms with Gasteiger partial charge in [0.05, 0.1) is 16.3 Å². The van der Waals surface area contributed by atoms with Gasteiger partial charge in [-0.05, 0) is 24.3 Å². The minimum absolute atomic E-state index is 0.0178. The first-order valence-electron chi connectivity index (χ1n) is 6.14. The summed E-state index contributed by atoms with van der Waals surface area (Å²) in [6, 6.07) is 7.95. The highest BCUT2D eigenvalue weighted by atomic mass is 32.2. The SMILES string of the molecule is CC(C)(C)c1c(C#N)nnn1-c1ccc(S(N)(=O)=O)cc1. The fourth-order valence-corrected chi connectivity index (χ4v) is 2.50. The number of rotatable bonds is 2. The molecule has 1 heterocycles. The van der Waals surface area contributed by atoms with E-state index in [-0.39, 0.29) is 16.0 Å². The first-order chi connectivity index (χ1) is 9.64. The van der Waals surface area contributed by atoms with E-state index in [1.807, 2.05) is 26.8 Å². The van der Waals surface area contributed by atoms with Crippen LogP contribution in [-0.2, 0) is 15.4 Å². The lowest BCUT2D eigenvalue weighted by molar-refractivity contribution is 0.541. The summed E-state index contributed by atoms with van der Waals surface area (Å²) in [5.41, 5.74) is 1.18. The molecule has 0 bridgehead atoms. The van der Waals surface area contributed by atoms with E-state index in [4.69, 9.17) is 10.4 Å². The van der Waals surface area contributed by atoms with E-state index in [1.54, 1.807) is 12.1 Å². The molecule has 2 rings (SSSR count). The second kappa shape index (κ2) is 4.95. The Labute approximate surface area is 123 Å². The number of nitrogens with zero attached hydrogens (tertiary/aromatic N) is 4. The van der Waals surface area contributed by atoms with Gasteiger partial charge in [0.1, 0.15) is 6.07 Å². The van der Waals surface area contributed by atoms with Crippen LogP contribution in [0.3, 0.4) is 0 Å². The van der Waals surface area contributed by atoms with Crippen LogP contribution in [0.2, 0.25) is 0 Å². The summed E-state index contributed by atoms with van der Waals surface area (Å²) in [4.78, 5) is 0.0178. The maximum absolute atomic E-state index is 11.3. The summed E-state index contributed by atoms with van der Waals surface area (Å²) in [6.07, 6.45) is 0. The van der Waals surface area contributed by atoms with Gasteiger partial charge in [-0.2, -0.15) is 5.26 Å². The molecule has 1 aromatic heterocycles. The smallest absolute Gasteiger partial charge is 0.225 e. The summed E-state index contributed by atoms with van der Waals surface area (Å²) >= 11 is 0. The molecule has 0 amide bonds. The van der Waals surface area contributed by atoms with Crippen molar-refractivity contribution in [2.45, 2.75) is 31.1 Å². The van der Waals surface area contributed by atoms with Crippen LogP contribution in [0.25, 0.3) is 5.69 Å². The molecule has 0 aliphatic heterocycles. The van der Waals surface area contributed by atoms with E-state index in [9.17, 15) is 8.42 Å². The highest BCUT2D eigenvalue weighted by molar-refractivity contribution is 7.89. The number of hydrogen-bond donors (Lipinski definition) is 1.